The Labute approximate surface area is 117 Å². The van der Waals surface area contributed by atoms with Crippen LogP contribution in [0.15, 0.2) is 30.5 Å². The third-order valence-electron chi connectivity index (χ3n) is 3.88. The Morgan fingerprint density at radius 2 is 2.05 bits per heavy atom. The van der Waals surface area contributed by atoms with Crippen molar-refractivity contribution in [2.24, 2.45) is 5.73 Å². The number of nitrogens with two attached hydrogens (primary N) is 1. The Hall–Kier alpha value is -2.01. The lowest BCUT2D eigenvalue weighted by atomic mass is 9.80. The average Bonchev–Trinajstić information content (AvgIpc) is 2.86. The lowest BCUT2D eigenvalue weighted by Gasteiger charge is -2.25. The molecule has 0 unspecified atom stereocenters. The first-order valence-electron chi connectivity index (χ1n) is 7.03. The zero-order valence-electron chi connectivity index (χ0n) is 11.3. The number of benzene rings is 1. The Balaban J connectivity index is 1.75. The molecule has 1 aromatic carbocycles. The smallest absolute Gasteiger partial charge is 0.214 e. The highest BCUT2D eigenvalue weighted by molar-refractivity contribution is 6.07. The summed E-state index contributed by atoms with van der Waals surface area (Å²) in [5.74, 6) is 0.595. The zero-order valence-corrected chi connectivity index (χ0v) is 11.3. The number of rotatable bonds is 5. The summed E-state index contributed by atoms with van der Waals surface area (Å²) >= 11 is 0. The van der Waals surface area contributed by atoms with Gasteiger partial charge in [0.05, 0.1) is 12.7 Å². The molecule has 0 saturated heterocycles. The van der Waals surface area contributed by atoms with Crippen LogP contribution < -0.4 is 5.73 Å². The van der Waals surface area contributed by atoms with Crippen molar-refractivity contribution in [3.8, 4) is 0 Å². The topological polar surface area (TPSA) is 73.8 Å². The molecule has 5 nitrogen and oxygen atoms in total. The maximum Gasteiger partial charge on any atom is 0.214 e. The molecular weight excluding hydrogens is 252 g/mol. The third-order valence-corrected chi connectivity index (χ3v) is 3.88. The van der Waals surface area contributed by atoms with Crippen molar-refractivity contribution in [1.82, 2.24) is 15.0 Å². The highest BCUT2D eigenvalue weighted by Crippen LogP contribution is 2.36. The summed E-state index contributed by atoms with van der Waals surface area (Å²) in [6.07, 6.45) is 5.49. The molecule has 0 amide bonds. The molecule has 1 aromatic heterocycles. The molecule has 0 aliphatic heterocycles. The van der Waals surface area contributed by atoms with Gasteiger partial charge < -0.3 is 5.73 Å². The standard InChI is InChI=1S/C15H18N4O/c16-8-9-19-10-14(17-18-19)15(20)13-6-4-12(5-7-13)11-2-1-3-11/h4-7,10-11H,1-3,8-9,16H2. The van der Waals surface area contributed by atoms with Gasteiger partial charge >= 0.3 is 0 Å². The molecule has 5 heteroatoms. The van der Waals surface area contributed by atoms with Crippen molar-refractivity contribution in [2.75, 3.05) is 6.54 Å². The van der Waals surface area contributed by atoms with Crippen LogP contribution >= 0.6 is 0 Å². The molecule has 0 bridgehead atoms. The summed E-state index contributed by atoms with van der Waals surface area (Å²) in [7, 11) is 0. The first kappa shape index (κ1) is 13.0. The zero-order chi connectivity index (χ0) is 13.9. The minimum atomic E-state index is -0.0894. The molecule has 104 valence electrons. The fourth-order valence-corrected chi connectivity index (χ4v) is 2.44. The maximum atomic E-state index is 12.3. The molecule has 1 aliphatic rings. The van der Waals surface area contributed by atoms with Gasteiger partial charge in [0.1, 0.15) is 0 Å². The van der Waals surface area contributed by atoms with Crippen LogP contribution in [0.2, 0.25) is 0 Å². The van der Waals surface area contributed by atoms with Gasteiger partial charge in [-0.1, -0.05) is 35.9 Å². The van der Waals surface area contributed by atoms with E-state index in [2.05, 4.69) is 22.4 Å². The quantitative estimate of drug-likeness (QED) is 0.840. The Kier molecular flexibility index (Phi) is 3.60. The van der Waals surface area contributed by atoms with Gasteiger partial charge in [0.2, 0.25) is 5.78 Å². The van der Waals surface area contributed by atoms with Gasteiger partial charge in [0.25, 0.3) is 0 Å². The van der Waals surface area contributed by atoms with Gasteiger partial charge in [0.15, 0.2) is 5.69 Å². The van der Waals surface area contributed by atoms with Gasteiger partial charge in [-0.25, -0.2) is 0 Å². The molecule has 3 rings (SSSR count). The van der Waals surface area contributed by atoms with Crippen molar-refractivity contribution in [1.29, 1.82) is 0 Å². The maximum absolute atomic E-state index is 12.3. The SMILES string of the molecule is NCCn1cc(C(=O)c2ccc(C3CCC3)cc2)nn1. The fourth-order valence-electron chi connectivity index (χ4n) is 2.44. The van der Waals surface area contributed by atoms with E-state index in [0.717, 1.165) is 0 Å². The second-order valence-electron chi connectivity index (χ2n) is 5.23. The van der Waals surface area contributed by atoms with E-state index in [9.17, 15) is 4.79 Å². The summed E-state index contributed by atoms with van der Waals surface area (Å²) in [5.41, 5.74) is 7.81. The van der Waals surface area contributed by atoms with E-state index in [-0.39, 0.29) is 5.78 Å². The van der Waals surface area contributed by atoms with Gasteiger partial charge in [0, 0.05) is 12.1 Å². The average molecular weight is 270 g/mol. The highest BCUT2D eigenvalue weighted by atomic mass is 16.1. The number of carbonyl (C=O) groups excluding carboxylic acids is 1. The van der Waals surface area contributed by atoms with Gasteiger partial charge in [-0.05, 0) is 24.3 Å². The fraction of sp³-hybridized carbons (Fsp3) is 0.400. The molecule has 0 spiro atoms. The van der Waals surface area contributed by atoms with Gasteiger partial charge in [-0.15, -0.1) is 5.10 Å². The van der Waals surface area contributed by atoms with Crippen molar-refractivity contribution >= 4 is 5.78 Å². The number of aromatic nitrogens is 3. The second kappa shape index (κ2) is 5.54. The van der Waals surface area contributed by atoms with Gasteiger partial charge in [-0.3, -0.25) is 9.48 Å². The largest absolute Gasteiger partial charge is 0.329 e. The van der Waals surface area contributed by atoms with E-state index in [1.54, 1.807) is 10.9 Å². The summed E-state index contributed by atoms with van der Waals surface area (Å²) in [6.45, 7) is 1.05. The van der Waals surface area contributed by atoms with Crippen molar-refractivity contribution < 1.29 is 4.79 Å². The number of hydrogen-bond donors (Lipinski definition) is 1. The summed E-state index contributed by atoms with van der Waals surface area (Å²) in [6, 6.07) is 7.89. The molecule has 1 aliphatic carbocycles. The molecule has 1 fully saturated rings. The minimum Gasteiger partial charge on any atom is -0.329 e. The van der Waals surface area contributed by atoms with Crippen molar-refractivity contribution in [2.45, 2.75) is 31.7 Å². The molecular formula is C15H18N4O. The summed E-state index contributed by atoms with van der Waals surface area (Å²) in [4.78, 5) is 12.3. The van der Waals surface area contributed by atoms with Crippen LogP contribution in [-0.4, -0.2) is 27.3 Å². The van der Waals surface area contributed by atoms with Crippen LogP contribution in [0, 0.1) is 0 Å². The highest BCUT2D eigenvalue weighted by Gasteiger charge is 2.20. The first-order valence-corrected chi connectivity index (χ1v) is 7.03. The van der Waals surface area contributed by atoms with Crippen LogP contribution in [0.4, 0.5) is 0 Å². The normalized spacial score (nSPS) is 15.1. The number of nitrogens with zero attached hydrogens (tertiary/aromatic N) is 3. The van der Waals surface area contributed by atoms with Crippen LogP contribution in [0.5, 0.6) is 0 Å². The molecule has 1 heterocycles. The van der Waals surface area contributed by atoms with Crippen molar-refractivity contribution in [3.05, 3.63) is 47.3 Å². The summed E-state index contributed by atoms with van der Waals surface area (Å²) in [5, 5.41) is 7.79. The third kappa shape index (κ3) is 2.49. The van der Waals surface area contributed by atoms with E-state index in [0.29, 0.717) is 30.3 Å². The van der Waals surface area contributed by atoms with Crippen LogP contribution in [0.1, 0.15) is 46.8 Å². The molecule has 0 atom stereocenters. The van der Waals surface area contributed by atoms with E-state index in [4.69, 9.17) is 5.73 Å². The van der Waals surface area contributed by atoms with Crippen LogP contribution in [0.25, 0.3) is 0 Å². The van der Waals surface area contributed by atoms with E-state index >= 15 is 0 Å². The molecule has 2 N–H and O–H groups in total. The predicted octanol–water partition coefficient (Wildman–Crippen LogP) is 1.74. The molecule has 20 heavy (non-hydrogen) atoms. The lowest BCUT2D eigenvalue weighted by Crippen LogP contribution is -2.10. The molecule has 2 aromatic rings. The molecule has 0 radical (unpaired) electrons. The second-order valence-corrected chi connectivity index (χ2v) is 5.23. The monoisotopic (exact) mass is 270 g/mol. The number of hydrogen-bond acceptors (Lipinski definition) is 4. The van der Waals surface area contributed by atoms with E-state index in [1.165, 1.54) is 24.8 Å². The Morgan fingerprint density at radius 3 is 2.65 bits per heavy atom. The predicted molar refractivity (Wildman–Crippen MR) is 75.5 cm³/mol. The minimum absolute atomic E-state index is 0.0894. The number of carbonyl (C=O) groups is 1. The van der Waals surface area contributed by atoms with Crippen LogP contribution in [-0.2, 0) is 6.54 Å². The Morgan fingerprint density at radius 1 is 1.30 bits per heavy atom. The Bertz CT molecular complexity index is 599. The lowest BCUT2D eigenvalue weighted by molar-refractivity contribution is 0.103. The first-order chi connectivity index (χ1) is 9.78. The van der Waals surface area contributed by atoms with E-state index < -0.39 is 0 Å². The number of ketones is 1. The molecule has 1 saturated carbocycles. The van der Waals surface area contributed by atoms with Gasteiger partial charge in [-0.2, -0.15) is 0 Å². The van der Waals surface area contributed by atoms with Crippen LogP contribution in [0.3, 0.4) is 0 Å². The van der Waals surface area contributed by atoms with E-state index in [1.807, 2.05) is 12.1 Å². The summed E-state index contributed by atoms with van der Waals surface area (Å²) < 4.78 is 1.59. The van der Waals surface area contributed by atoms with Crippen molar-refractivity contribution in [3.63, 3.8) is 0 Å².